The van der Waals surface area contributed by atoms with E-state index in [1.54, 1.807) is 17.0 Å². The van der Waals surface area contributed by atoms with Crippen LogP contribution in [0.3, 0.4) is 0 Å². The van der Waals surface area contributed by atoms with Crippen molar-refractivity contribution in [2.45, 2.75) is 31.7 Å². The van der Waals surface area contributed by atoms with Crippen LogP contribution >= 0.6 is 0 Å². The number of tetrazole rings is 1. The molecular weight excluding hydrogens is 384 g/mol. The van der Waals surface area contributed by atoms with Gasteiger partial charge in [0.15, 0.2) is 11.6 Å². The maximum absolute atomic E-state index is 12.8. The molecule has 0 radical (unpaired) electrons. The lowest BCUT2D eigenvalue weighted by Gasteiger charge is -2.30. The number of hydrogen-bond donors (Lipinski definition) is 1. The Balaban J connectivity index is 1.21. The minimum Gasteiger partial charge on any atom is -0.459 e. The molecule has 2 aromatic heterocycles. The molecule has 5 rings (SSSR count). The topological polar surface area (TPSA) is 106 Å². The second-order valence-electron chi connectivity index (χ2n) is 7.79. The van der Waals surface area contributed by atoms with E-state index in [-0.39, 0.29) is 17.7 Å². The normalized spacial score (nSPS) is 17.1. The molecule has 0 unspecified atom stereocenters. The molecule has 9 nitrogen and oxygen atoms in total. The number of anilines is 1. The first-order valence-corrected chi connectivity index (χ1v) is 10.2. The second-order valence-corrected chi connectivity index (χ2v) is 7.79. The zero-order valence-corrected chi connectivity index (χ0v) is 16.4. The molecule has 1 saturated heterocycles. The average Bonchev–Trinajstić information content (AvgIpc) is 3.27. The summed E-state index contributed by atoms with van der Waals surface area (Å²) in [5.74, 6) is 0.770. The van der Waals surface area contributed by atoms with Gasteiger partial charge in [-0.05, 0) is 60.4 Å². The van der Waals surface area contributed by atoms with Crippen LogP contribution < -0.4 is 5.32 Å². The van der Waals surface area contributed by atoms with Gasteiger partial charge >= 0.3 is 0 Å². The molecule has 1 aliphatic carbocycles. The fraction of sp³-hybridized carbons (Fsp3) is 0.381. The summed E-state index contributed by atoms with van der Waals surface area (Å²) in [6, 6.07) is 11.3. The largest absolute Gasteiger partial charge is 0.459 e. The minimum absolute atomic E-state index is 0.0287. The first-order chi connectivity index (χ1) is 14.7. The van der Waals surface area contributed by atoms with Gasteiger partial charge in [-0.15, -0.1) is 5.10 Å². The number of nitrogens with zero attached hydrogens (tertiary/aromatic N) is 5. The number of nitrogens with one attached hydrogen (secondary N) is 1. The molecule has 0 bridgehead atoms. The van der Waals surface area contributed by atoms with Gasteiger partial charge in [-0.2, -0.15) is 0 Å². The van der Waals surface area contributed by atoms with E-state index < -0.39 is 0 Å². The Morgan fingerprint density at radius 2 is 1.90 bits per heavy atom. The van der Waals surface area contributed by atoms with Crippen molar-refractivity contribution < 1.29 is 14.0 Å². The Bertz CT molecular complexity index is 1050. The van der Waals surface area contributed by atoms with Gasteiger partial charge in [-0.1, -0.05) is 12.1 Å². The lowest BCUT2D eigenvalue weighted by atomic mass is 9.95. The summed E-state index contributed by atoms with van der Waals surface area (Å²) in [6.07, 6.45) is 4.92. The molecule has 9 heteroatoms. The summed E-state index contributed by atoms with van der Waals surface area (Å²) in [4.78, 5) is 26.9. The predicted octanol–water partition coefficient (Wildman–Crippen LogP) is 2.76. The van der Waals surface area contributed by atoms with Crippen LogP contribution in [0.15, 0.2) is 47.1 Å². The lowest BCUT2D eigenvalue weighted by molar-refractivity contribution is -0.121. The van der Waals surface area contributed by atoms with Crippen molar-refractivity contribution in [1.29, 1.82) is 0 Å². The number of rotatable bonds is 5. The number of likely N-dealkylation sites (tertiary alicyclic amines) is 1. The van der Waals surface area contributed by atoms with Crippen LogP contribution in [0.2, 0.25) is 0 Å². The number of piperidine rings is 1. The summed E-state index contributed by atoms with van der Waals surface area (Å²) in [5, 5.41) is 15.0. The molecule has 154 valence electrons. The van der Waals surface area contributed by atoms with Crippen molar-refractivity contribution in [2.24, 2.45) is 5.92 Å². The van der Waals surface area contributed by atoms with Crippen molar-refractivity contribution in [1.82, 2.24) is 25.1 Å². The standard InChI is InChI=1S/C21H22N6O3/c28-20(14-8-10-26(11-9-14)21(29)18-5-2-12-30-18)22-16-4-1-3-15(13-16)19-23-24-25-27(19)17-6-7-17/h1-5,12-14,17H,6-11H2,(H,22,28). The van der Waals surface area contributed by atoms with E-state index >= 15 is 0 Å². The molecule has 1 N–H and O–H groups in total. The SMILES string of the molecule is O=C(Nc1cccc(-c2nnnn2C2CC2)c1)C1CCN(C(=O)c2ccco2)CC1. The molecule has 0 atom stereocenters. The molecule has 3 heterocycles. The van der Waals surface area contributed by atoms with E-state index in [1.165, 1.54) is 6.26 Å². The quantitative estimate of drug-likeness (QED) is 0.698. The Kier molecular flexibility index (Phi) is 4.78. The van der Waals surface area contributed by atoms with E-state index in [2.05, 4.69) is 20.8 Å². The maximum atomic E-state index is 12.8. The molecule has 2 fully saturated rings. The highest BCUT2D eigenvalue weighted by Gasteiger charge is 2.30. The number of aromatic nitrogens is 4. The maximum Gasteiger partial charge on any atom is 0.289 e. The second kappa shape index (κ2) is 7.74. The molecule has 1 aromatic carbocycles. The Hall–Kier alpha value is -3.49. The smallest absolute Gasteiger partial charge is 0.289 e. The number of furan rings is 1. The van der Waals surface area contributed by atoms with Crippen molar-refractivity contribution >= 4 is 17.5 Å². The number of benzene rings is 1. The van der Waals surface area contributed by atoms with Crippen LogP contribution in [0.4, 0.5) is 5.69 Å². The summed E-state index contributed by atoms with van der Waals surface area (Å²) in [7, 11) is 0. The summed E-state index contributed by atoms with van der Waals surface area (Å²) in [6.45, 7) is 1.07. The fourth-order valence-electron chi connectivity index (χ4n) is 3.83. The van der Waals surface area contributed by atoms with Crippen molar-refractivity contribution in [2.75, 3.05) is 18.4 Å². The third-order valence-corrected chi connectivity index (χ3v) is 5.66. The van der Waals surface area contributed by atoms with Gasteiger partial charge in [0.05, 0.1) is 12.3 Å². The molecule has 0 spiro atoms. The van der Waals surface area contributed by atoms with Gasteiger partial charge in [-0.3, -0.25) is 9.59 Å². The van der Waals surface area contributed by atoms with Gasteiger partial charge in [0.1, 0.15) is 0 Å². The highest BCUT2D eigenvalue weighted by atomic mass is 16.3. The first kappa shape index (κ1) is 18.5. The van der Waals surface area contributed by atoms with E-state index in [4.69, 9.17) is 4.42 Å². The van der Waals surface area contributed by atoms with E-state index in [0.717, 1.165) is 29.9 Å². The average molecular weight is 406 g/mol. The van der Waals surface area contributed by atoms with Gasteiger partial charge in [0, 0.05) is 30.3 Å². The van der Waals surface area contributed by atoms with Gasteiger partial charge in [-0.25, -0.2) is 4.68 Å². The molecule has 30 heavy (non-hydrogen) atoms. The van der Waals surface area contributed by atoms with Gasteiger partial charge < -0.3 is 14.6 Å². The molecule has 2 aliphatic rings. The van der Waals surface area contributed by atoms with E-state index in [1.807, 2.05) is 28.9 Å². The first-order valence-electron chi connectivity index (χ1n) is 10.2. The van der Waals surface area contributed by atoms with Gasteiger partial charge in [0.2, 0.25) is 5.91 Å². The van der Waals surface area contributed by atoms with Crippen LogP contribution in [0.1, 0.15) is 42.3 Å². The van der Waals surface area contributed by atoms with Crippen molar-refractivity contribution in [3.63, 3.8) is 0 Å². The Labute approximate surface area is 173 Å². The van der Waals surface area contributed by atoms with Crippen LogP contribution in [0, 0.1) is 5.92 Å². The number of hydrogen-bond acceptors (Lipinski definition) is 6. The fourth-order valence-corrected chi connectivity index (χ4v) is 3.83. The zero-order valence-electron chi connectivity index (χ0n) is 16.4. The lowest BCUT2D eigenvalue weighted by Crippen LogP contribution is -2.41. The highest BCUT2D eigenvalue weighted by Crippen LogP contribution is 2.36. The third kappa shape index (κ3) is 3.70. The molecule has 1 saturated carbocycles. The highest BCUT2D eigenvalue weighted by molar-refractivity contribution is 5.94. The molecule has 2 amide bonds. The minimum atomic E-state index is -0.133. The van der Waals surface area contributed by atoms with Crippen LogP contribution in [0.25, 0.3) is 11.4 Å². The zero-order chi connectivity index (χ0) is 20.5. The monoisotopic (exact) mass is 406 g/mol. The molecular formula is C21H22N6O3. The van der Waals surface area contributed by atoms with Gasteiger partial charge in [0.25, 0.3) is 5.91 Å². The van der Waals surface area contributed by atoms with E-state index in [0.29, 0.717) is 37.7 Å². The van der Waals surface area contributed by atoms with Crippen LogP contribution in [0.5, 0.6) is 0 Å². The Morgan fingerprint density at radius 3 is 2.63 bits per heavy atom. The third-order valence-electron chi connectivity index (χ3n) is 5.66. The summed E-state index contributed by atoms with van der Waals surface area (Å²) >= 11 is 0. The summed E-state index contributed by atoms with van der Waals surface area (Å²) in [5.41, 5.74) is 1.60. The molecule has 3 aromatic rings. The van der Waals surface area contributed by atoms with Crippen LogP contribution in [-0.4, -0.2) is 50.0 Å². The van der Waals surface area contributed by atoms with Crippen molar-refractivity contribution in [3.8, 4) is 11.4 Å². The van der Waals surface area contributed by atoms with Crippen molar-refractivity contribution in [3.05, 3.63) is 48.4 Å². The molecule has 1 aliphatic heterocycles. The number of carbonyl (C=O) groups excluding carboxylic acids is 2. The Morgan fingerprint density at radius 1 is 1.07 bits per heavy atom. The van der Waals surface area contributed by atoms with Crippen LogP contribution in [-0.2, 0) is 4.79 Å². The number of amides is 2. The number of carbonyl (C=O) groups is 2. The van der Waals surface area contributed by atoms with E-state index in [9.17, 15) is 9.59 Å². The predicted molar refractivity (Wildman–Crippen MR) is 107 cm³/mol. The summed E-state index contributed by atoms with van der Waals surface area (Å²) < 4.78 is 7.04.